The van der Waals surface area contributed by atoms with E-state index < -0.39 is 15.7 Å². The summed E-state index contributed by atoms with van der Waals surface area (Å²) in [4.78, 5) is 19.7. The molecule has 1 aromatic carbocycles. The number of sulfone groups is 1. The second-order valence-corrected chi connectivity index (χ2v) is 10.8. The molecule has 0 aliphatic carbocycles. The summed E-state index contributed by atoms with van der Waals surface area (Å²) in [6.45, 7) is 3.67. The zero-order chi connectivity index (χ0) is 25.3. The molecule has 36 heavy (non-hydrogen) atoms. The molecule has 0 spiro atoms. The van der Waals surface area contributed by atoms with Crippen molar-refractivity contribution in [1.29, 1.82) is 0 Å². The molecule has 0 unspecified atom stereocenters. The fourth-order valence-electron chi connectivity index (χ4n) is 4.30. The van der Waals surface area contributed by atoms with Crippen molar-refractivity contribution in [1.82, 2.24) is 34.9 Å². The molecule has 0 atom stereocenters. The van der Waals surface area contributed by atoms with E-state index in [4.69, 9.17) is 0 Å². The second kappa shape index (κ2) is 9.72. The molecule has 188 valence electrons. The first-order valence-electron chi connectivity index (χ1n) is 11.7. The van der Waals surface area contributed by atoms with Crippen molar-refractivity contribution in [3.05, 3.63) is 48.3 Å². The number of hydrogen-bond acceptors (Lipinski definition) is 10. The minimum atomic E-state index is -3.52. The van der Waals surface area contributed by atoms with Crippen LogP contribution < -0.4 is 10.2 Å². The maximum absolute atomic E-state index is 14.6. The summed E-state index contributed by atoms with van der Waals surface area (Å²) in [6, 6.07) is 3.75. The molecule has 4 aromatic rings. The van der Waals surface area contributed by atoms with Gasteiger partial charge in [-0.2, -0.15) is 0 Å². The molecule has 0 radical (unpaired) electrons. The predicted octanol–water partition coefficient (Wildman–Crippen LogP) is 3.09. The number of nitrogens with one attached hydrogen (secondary N) is 1. The Labute approximate surface area is 207 Å². The molecule has 0 bridgehead atoms. The molecule has 1 N–H and O–H groups in total. The normalized spacial score (nSPS) is 14.9. The fourth-order valence-corrected chi connectivity index (χ4v) is 4.93. The van der Waals surface area contributed by atoms with Gasteiger partial charge in [0.15, 0.2) is 26.8 Å². The van der Waals surface area contributed by atoms with Crippen LogP contribution in [0.4, 0.5) is 21.8 Å². The minimum absolute atomic E-state index is 0.0789. The molecule has 1 fully saturated rings. The van der Waals surface area contributed by atoms with Crippen LogP contribution in [0.25, 0.3) is 11.2 Å². The molecule has 11 nitrogen and oxygen atoms in total. The maximum Gasteiger partial charge on any atom is 0.225 e. The van der Waals surface area contributed by atoms with E-state index in [1.54, 1.807) is 4.68 Å². The van der Waals surface area contributed by atoms with Crippen LogP contribution in [0.3, 0.4) is 0 Å². The lowest BCUT2D eigenvalue weighted by Gasteiger charge is -2.31. The summed E-state index contributed by atoms with van der Waals surface area (Å²) in [6.07, 6.45) is 9.84. The van der Waals surface area contributed by atoms with E-state index in [0.717, 1.165) is 62.6 Å². The van der Waals surface area contributed by atoms with Gasteiger partial charge in [-0.25, -0.2) is 37.4 Å². The van der Waals surface area contributed by atoms with Crippen LogP contribution in [0.2, 0.25) is 0 Å². The van der Waals surface area contributed by atoms with Gasteiger partial charge in [-0.15, -0.1) is 5.10 Å². The summed E-state index contributed by atoms with van der Waals surface area (Å²) < 4.78 is 39.7. The summed E-state index contributed by atoms with van der Waals surface area (Å²) >= 11 is 0. The number of rotatable bonds is 7. The topological polar surface area (TPSA) is 132 Å². The first-order valence-corrected chi connectivity index (χ1v) is 13.6. The smallest absolute Gasteiger partial charge is 0.225 e. The summed E-state index contributed by atoms with van der Waals surface area (Å²) in [5.74, 6) is 0.305. The zero-order valence-electron chi connectivity index (χ0n) is 20.0. The van der Waals surface area contributed by atoms with Crippen molar-refractivity contribution in [3.8, 4) is 0 Å². The zero-order valence-corrected chi connectivity index (χ0v) is 20.8. The molecule has 0 saturated carbocycles. The molecule has 1 saturated heterocycles. The van der Waals surface area contributed by atoms with Crippen molar-refractivity contribution in [2.75, 3.05) is 29.6 Å². The lowest BCUT2D eigenvalue weighted by atomic mass is 10.1. The third-order valence-corrected chi connectivity index (χ3v) is 7.32. The number of hydrogen-bond donors (Lipinski definition) is 1. The van der Waals surface area contributed by atoms with Crippen molar-refractivity contribution >= 4 is 38.5 Å². The third-order valence-electron chi connectivity index (χ3n) is 6.21. The van der Waals surface area contributed by atoms with Crippen LogP contribution in [-0.2, 0) is 16.3 Å². The number of benzene rings is 1. The molecular formula is C23H26FN9O2S. The Morgan fingerprint density at radius 3 is 2.53 bits per heavy atom. The van der Waals surface area contributed by atoms with Crippen LogP contribution >= 0.6 is 0 Å². The average molecular weight is 512 g/mol. The van der Waals surface area contributed by atoms with E-state index in [1.165, 1.54) is 18.5 Å². The summed E-state index contributed by atoms with van der Waals surface area (Å²) in [5.41, 5.74) is 2.16. The molecule has 4 heterocycles. The Balaban J connectivity index is 1.32. The van der Waals surface area contributed by atoms with E-state index >= 15 is 0 Å². The first-order chi connectivity index (χ1) is 17.3. The van der Waals surface area contributed by atoms with Gasteiger partial charge in [0.25, 0.3) is 0 Å². The van der Waals surface area contributed by atoms with Gasteiger partial charge >= 0.3 is 0 Å². The van der Waals surface area contributed by atoms with Gasteiger partial charge < -0.3 is 10.2 Å². The lowest BCUT2D eigenvalue weighted by molar-refractivity contribution is 0.365. The number of piperidine rings is 1. The maximum atomic E-state index is 14.6. The van der Waals surface area contributed by atoms with Crippen LogP contribution in [0.15, 0.2) is 41.8 Å². The standard InChI is InChI=1S/C23H26FN9O2S/c1-3-4-15-12-25-23(26-13-15)32-9-7-16(8-10-32)33-22-20(30-31-33)21(27-14-28-22)29-19-6-5-17(11-18(19)24)36(2,34)35/h5-6,11-14,16H,3-4,7-10H2,1-2H3,(H,27,28,29). The van der Waals surface area contributed by atoms with Gasteiger partial charge in [0, 0.05) is 31.7 Å². The van der Waals surface area contributed by atoms with Crippen molar-refractivity contribution in [2.24, 2.45) is 0 Å². The van der Waals surface area contributed by atoms with Crippen LogP contribution in [-0.4, -0.2) is 62.7 Å². The summed E-state index contributed by atoms with van der Waals surface area (Å²) in [7, 11) is -3.52. The van der Waals surface area contributed by atoms with E-state index in [2.05, 4.69) is 47.4 Å². The van der Waals surface area contributed by atoms with Gasteiger partial charge in [0.1, 0.15) is 12.1 Å². The number of nitrogens with zero attached hydrogens (tertiary/aromatic N) is 8. The number of aromatic nitrogens is 7. The quantitative estimate of drug-likeness (QED) is 0.395. The molecule has 3 aromatic heterocycles. The Bertz CT molecular complexity index is 1480. The molecule has 1 aliphatic rings. The predicted molar refractivity (Wildman–Crippen MR) is 132 cm³/mol. The van der Waals surface area contributed by atoms with Gasteiger partial charge in [-0.05, 0) is 43.0 Å². The highest BCUT2D eigenvalue weighted by Gasteiger charge is 2.26. The highest BCUT2D eigenvalue weighted by Crippen LogP contribution is 2.29. The van der Waals surface area contributed by atoms with Crippen molar-refractivity contribution < 1.29 is 12.8 Å². The Kier molecular flexibility index (Phi) is 6.48. The average Bonchev–Trinajstić information content (AvgIpc) is 3.31. The van der Waals surface area contributed by atoms with Crippen LogP contribution in [0.5, 0.6) is 0 Å². The Hall–Kier alpha value is -3.74. The van der Waals surface area contributed by atoms with Gasteiger partial charge in [-0.3, -0.25) is 0 Å². The number of halogens is 1. The SMILES string of the molecule is CCCc1cnc(N2CCC(n3nnc4c(Nc5ccc(S(C)(=O)=O)cc5F)ncnc43)CC2)nc1. The van der Waals surface area contributed by atoms with E-state index in [0.29, 0.717) is 11.2 Å². The highest BCUT2D eigenvalue weighted by molar-refractivity contribution is 7.90. The van der Waals surface area contributed by atoms with E-state index in [-0.39, 0.29) is 22.4 Å². The Morgan fingerprint density at radius 1 is 1.11 bits per heavy atom. The molecule has 13 heteroatoms. The van der Waals surface area contributed by atoms with Crippen LogP contribution in [0, 0.1) is 5.82 Å². The van der Waals surface area contributed by atoms with Gasteiger partial charge in [-0.1, -0.05) is 18.6 Å². The minimum Gasteiger partial charge on any atom is -0.341 e. The van der Waals surface area contributed by atoms with Crippen LogP contribution in [0.1, 0.15) is 37.8 Å². The highest BCUT2D eigenvalue weighted by atomic mass is 32.2. The van der Waals surface area contributed by atoms with Crippen molar-refractivity contribution in [2.45, 2.75) is 43.5 Å². The Morgan fingerprint density at radius 2 is 1.86 bits per heavy atom. The second-order valence-electron chi connectivity index (χ2n) is 8.83. The van der Waals surface area contributed by atoms with E-state index in [9.17, 15) is 12.8 Å². The molecular weight excluding hydrogens is 485 g/mol. The number of aryl methyl sites for hydroxylation is 1. The monoisotopic (exact) mass is 511 g/mol. The molecule has 1 aliphatic heterocycles. The first kappa shape index (κ1) is 24.0. The van der Waals surface area contributed by atoms with Crippen molar-refractivity contribution in [3.63, 3.8) is 0 Å². The third kappa shape index (κ3) is 4.83. The number of anilines is 3. The lowest BCUT2D eigenvalue weighted by Crippen LogP contribution is -2.36. The molecule has 0 amide bonds. The largest absolute Gasteiger partial charge is 0.341 e. The molecule has 5 rings (SSSR count). The van der Waals surface area contributed by atoms with Gasteiger partial charge in [0.2, 0.25) is 5.95 Å². The number of fused-ring (bicyclic) bond motifs is 1. The summed E-state index contributed by atoms with van der Waals surface area (Å²) in [5, 5.41) is 11.5. The van der Waals surface area contributed by atoms with Gasteiger partial charge in [0.05, 0.1) is 16.6 Å². The fraction of sp³-hybridized carbons (Fsp3) is 0.391. The van der Waals surface area contributed by atoms with E-state index in [1.807, 2.05) is 12.4 Å².